The molecule has 0 amide bonds. The second-order valence-electron chi connectivity index (χ2n) is 7.99. The van der Waals surface area contributed by atoms with Crippen LogP contribution in [-0.4, -0.2) is 32.5 Å². The van der Waals surface area contributed by atoms with Crippen molar-refractivity contribution in [3.05, 3.63) is 42.0 Å². The maximum atomic E-state index is 11.3. The van der Waals surface area contributed by atoms with Gasteiger partial charge in [-0.3, -0.25) is 0 Å². The van der Waals surface area contributed by atoms with Gasteiger partial charge in [0.1, 0.15) is 24.5 Å². The van der Waals surface area contributed by atoms with Crippen LogP contribution in [0.3, 0.4) is 0 Å². The molecule has 7 nitrogen and oxygen atoms in total. The largest absolute Gasteiger partial charge is 0.490 e. The molecule has 1 aromatic carbocycles. The Labute approximate surface area is 159 Å². The summed E-state index contributed by atoms with van der Waals surface area (Å²) in [6.45, 7) is 9.50. The summed E-state index contributed by atoms with van der Waals surface area (Å²) < 4.78 is 7.94. The maximum Gasteiger partial charge on any atom is 0.331 e. The van der Waals surface area contributed by atoms with E-state index in [0.29, 0.717) is 6.42 Å². The van der Waals surface area contributed by atoms with Gasteiger partial charge in [0.25, 0.3) is 0 Å². The first-order valence-electron chi connectivity index (χ1n) is 9.10. The van der Waals surface area contributed by atoms with Gasteiger partial charge in [0.15, 0.2) is 0 Å². The Balaban J connectivity index is 1.88. The Morgan fingerprint density at radius 1 is 1.44 bits per heavy atom. The average Bonchev–Trinajstić information content (AvgIpc) is 3.20. The number of carbonyl (C=O) groups excluding carboxylic acids is 1. The monoisotopic (exact) mass is 370 g/mol. The lowest BCUT2D eigenvalue weighted by molar-refractivity contribution is -0.141. The van der Waals surface area contributed by atoms with Crippen LogP contribution in [0.25, 0.3) is 0 Å². The molecule has 2 heterocycles. The highest BCUT2D eigenvalue weighted by Gasteiger charge is 2.35. The summed E-state index contributed by atoms with van der Waals surface area (Å²) >= 11 is 0. The van der Waals surface area contributed by atoms with Gasteiger partial charge in [-0.25, -0.2) is 14.5 Å². The molecule has 1 aliphatic heterocycles. The Morgan fingerprint density at radius 3 is 2.85 bits per heavy atom. The molecule has 144 valence electrons. The smallest absolute Gasteiger partial charge is 0.331 e. The number of hydrogen-bond donors (Lipinski definition) is 0. The molecule has 3 rings (SSSR count). The first kappa shape index (κ1) is 19.1. The van der Waals surface area contributed by atoms with Crippen molar-refractivity contribution in [1.82, 2.24) is 14.8 Å². The molecule has 0 saturated heterocycles. The second-order valence-corrected chi connectivity index (χ2v) is 7.99. The molecule has 0 aliphatic carbocycles. The Bertz CT molecular complexity index is 837. The summed E-state index contributed by atoms with van der Waals surface area (Å²) in [5.41, 5.74) is 2.78. The van der Waals surface area contributed by atoms with Gasteiger partial charge in [0.05, 0.1) is 11.8 Å². The van der Waals surface area contributed by atoms with E-state index in [4.69, 9.17) is 9.57 Å². The van der Waals surface area contributed by atoms with Gasteiger partial charge >= 0.3 is 5.97 Å². The van der Waals surface area contributed by atoms with Crippen LogP contribution < -0.4 is 4.74 Å². The quantitative estimate of drug-likeness (QED) is 0.457. The van der Waals surface area contributed by atoms with Crippen molar-refractivity contribution in [1.29, 1.82) is 0 Å². The van der Waals surface area contributed by atoms with Crippen LogP contribution in [0.5, 0.6) is 5.75 Å². The Hall–Kier alpha value is -2.70. The molecule has 1 aliphatic rings. The third-order valence-electron chi connectivity index (χ3n) is 4.56. The van der Waals surface area contributed by atoms with E-state index in [1.165, 1.54) is 24.4 Å². The fourth-order valence-electron chi connectivity index (χ4n) is 3.32. The van der Waals surface area contributed by atoms with E-state index in [-0.39, 0.29) is 17.6 Å². The van der Waals surface area contributed by atoms with Crippen molar-refractivity contribution in [2.75, 3.05) is 0 Å². The van der Waals surface area contributed by atoms with Crippen molar-refractivity contribution >= 4 is 11.7 Å². The van der Waals surface area contributed by atoms with E-state index in [1.807, 2.05) is 20.8 Å². The Morgan fingerprint density at radius 2 is 2.22 bits per heavy atom. The Kier molecular flexibility index (Phi) is 5.30. The normalized spacial score (nSPS) is 18.0. The number of rotatable bonds is 5. The highest BCUT2D eigenvalue weighted by molar-refractivity contribution is 5.92. The predicted octanol–water partition coefficient (Wildman–Crippen LogP) is 3.49. The maximum absolute atomic E-state index is 11.3. The molecule has 2 atom stereocenters. The number of fused-ring (bicyclic) bond motifs is 1. The van der Waals surface area contributed by atoms with Crippen molar-refractivity contribution < 1.29 is 14.4 Å². The number of aromatic nitrogens is 3. The molecule has 27 heavy (non-hydrogen) atoms. The van der Waals surface area contributed by atoms with Gasteiger partial charge in [-0.2, -0.15) is 5.10 Å². The number of oxime groups is 1. The summed E-state index contributed by atoms with van der Waals surface area (Å²) in [6.07, 6.45) is 4.61. The van der Waals surface area contributed by atoms with Crippen LogP contribution >= 0.6 is 0 Å². The zero-order valence-corrected chi connectivity index (χ0v) is 16.5. The summed E-state index contributed by atoms with van der Waals surface area (Å²) in [5.74, 6) is 0.487. The van der Waals surface area contributed by atoms with Crippen LogP contribution in [0.4, 0.5) is 0 Å². The lowest BCUT2D eigenvalue weighted by Gasteiger charge is -2.29. The van der Waals surface area contributed by atoms with Crippen LogP contribution in [0.1, 0.15) is 51.3 Å². The molecule has 0 spiro atoms. The average molecular weight is 370 g/mol. The van der Waals surface area contributed by atoms with E-state index in [9.17, 15) is 4.79 Å². The van der Waals surface area contributed by atoms with Gasteiger partial charge in [0.2, 0.25) is 0 Å². The second kappa shape index (κ2) is 7.50. The molecule has 0 fully saturated rings. The van der Waals surface area contributed by atoms with Crippen molar-refractivity contribution in [2.45, 2.75) is 59.6 Å². The van der Waals surface area contributed by atoms with Crippen LogP contribution in [0.2, 0.25) is 0 Å². The highest BCUT2D eigenvalue weighted by atomic mass is 16.7. The van der Waals surface area contributed by atoms with Crippen LogP contribution in [0, 0.1) is 12.3 Å². The van der Waals surface area contributed by atoms with Crippen LogP contribution in [-0.2, 0) is 16.1 Å². The zero-order chi connectivity index (χ0) is 19.6. The fraction of sp³-hybridized carbons (Fsp3) is 0.500. The van der Waals surface area contributed by atoms with Gasteiger partial charge in [0, 0.05) is 25.2 Å². The third kappa shape index (κ3) is 4.53. The fourth-order valence-corrected chi connectivity index (χ4v) is 3.32. The molecule has 1 aromatic heterocycles. The number of hydrogen-bond acceptors (Lipinski definition) is 6. The van der Waals surface area contributed by atoms with Gasteiger partial charge in [-0.15, -0.1) is 0 Å². The first-order valence-corrected chi connectivity index (χ1v) is 9.10. The molecular weight excluding hydrogens is 344 g/mol. The first-order chi connectivity index (χ1) is 12.7. The summed E-state index contributed by atoms with van der Waals surface area (Å²) in [7, 11) is 0. The molecule has 2 aromatic rings. The van der Waals surface area contributed by atoms with E-state index in [0.717, 1.165) is 17.9 Å². The van der Waals surface area contributed by atoms with Gasteiger partial charge in [-0.05, 0) is 24.1 Å². The van der Waals surface area contributed by atoms with Gasteiger partial charge < -0.3 is 9.57 Å². The van der Waals surface area contributed by atoms with E-state index >= 15 is 0 Å². The van der Waals surface area contributed by atoms with E-state index in [1.54, 1.807) is 11.0 Å². The SMILES string of the molecule is CC(=O)ON=C(C(CC1Cc2ccc(C)cc2O1)n1cncn1)C(C)(C)C. The van der Waals surface area contributed by atoms with Crippen LogP contribution in [0.15, 0.2) is 36.0 Å². The number of benzene rings is 1. The summed E-state index contributed by atoms with van der Waals surface area (Å²) in [5, 5.41) is 8.49. The predicted molar refractivity (Wildman–Crippen MR) is 102 cm³/mol. The van der Waals surface area contributed by atoms with Crippen molar-refractivity contribution in [2.24, 2.45) is 10.6 Å². The molecule has 2 unspecified atom stereocenters. The minimum atomic E-state index is -0.450. The van der Waals surface area contributed by atoms with E-state index < -0.39 is 5.97 Å². The topological polar surface area (TPSA) is 78.6 Å². The molecule has 0 saturated carbocycles. The number of aryl methyl sites for hydroxylation is 1. The lowest BCUT2D eigenvalue weighted by Crippen LogP contribution is -2.35. The van der Waals surface area contributed by atoms with Crippen molar-refractivity contribution in [3.63, 3.8) is 0 Å². The van der Waals surface area contributed by atoms with Gasteiger partial charge in [-0.1, -0.05) is 38.1 Å². The number of ether oxygens (including phenoxy) is 1. The summed E-state index contributed by atoms with van der Waals surface area (Å²) in [6, 6.07) is 6.05. The third-order valence-corrected chi connectivity index (χ3v) is 4.56. The molecule has 0 N–H and O–H groups in total. The summed E-state index contributed by atoms with van der Waals surface area (Å²) in [4.78, 5) is 20.4. The molecule has 7 heteroatoms. The van der Waals surface area contributed by atoms with E-state index in [2.05, 4.69) is 40.4 Å². The molecule has 0 radical (unpaired) electrons. The zero-order valence-electron chi connectivity index (χ0n) is 16.5. The molecule has 0 bridgehead atoms. The minimum Gasteiger partial charge on any atom is -0.490 e. The molecular formula is C20H26N4O3. The minimum absolute atomic E-state index is 0.0131. The standard InChI is InChI=1S/C20H26N4O3/c1-13-6-7-15-9-16(26-18(15)8-13)10-17(24-12-21-11-22-24)19(20(3,4)5)23-27-14(2)25/h6-8,11-12,16-17H,9-10H2,1-5H3. The lowest BCUT2D eigenvalue weighted by atomic mass is 9.83. The highest BCUT2D eigenvalue weighted by Crippen LogP contribution is 2.35. The van der Waals surface area contributed by atoms with Crippen molar-refractivity contribution in [3.8, 4) is 5.75 Å². The number of nitrogens with zero attached hydrogens (tertiary/aromatic N) is 4. The number of carbonyl (C=O) groups is 1.